The zero-order chi connectivity index (χ0) is 69.6. The molecule has 0 saturated carbocycles. The first-order chi connectivity index (χ1) is 45.1. The van der Waals surface area contributed by atoms with Crippen molar-refractivity contribution in [1.29, 1.82) is 0 Å². The summed E-state index contributed by atoms with van der Waals surface area (Å²) in [6.45, 7) is 14.1. The Bertz CT molecular complexity index is 1850. The number of phosphoric ester groups is 2. The molecule has 0 aliphatic carbocycles. The van der Waals surface area contributed by atoms with Gasteiger partial charge in [-0.15, -0.1) is 0 Å². The average Bonchev–Trinajstić information content (AvgIpc) is 1.22. The van der Waals surface area contributed by atoms with E-state index in [4.69, 9.17) is 37.0 Å². The number of carbonyl (C=O) groups excluding carboxylic acids is 4. The molecule has 0 amide bonds. The Kier molecular flexibility index (Phi) is 63.1. The molecule has 0 aromatic rings. The van der Waals surface area contributed by atoms with Crippen LogP contribution in [0.2, 0.25) is 0 Å². The number of unbranched alkanes of at least 4 members (excludes halogenated alkanes) is 37. The summed E-state index contributed by atoms with van der Waals surface area (Å²) in [6.07, 6.45) is 48.8. The molecule has 0 rings (SSSR count). The van der Waals surface area contributed by atoms with E-state index in [2.05, 4.69) is 55.4 Å². The monoisotopic (exact) mass is 1380 g/mol. The summed E-state index contributed by atoms with van der Waals surface area (Å²) >= 11 is 0. The topological polar surface area (TPSA) is 237 Å². The van der Waals surface area contributed by atoms with Crippen molar-refractivity contribution in [2.75, 3.05) is 39.6 Å². The molecule has 0 bridgehead atoms. The number of phosphoric acid groups is 2. The van der Waals surface area contributed by atoms with Gasteiger partial charge in [-0.1, -0.05) is 325 Å². The lowest BCUT2D eigenvalue weighted by molar-refractivity contribution is -0.161. The Balaban J connectivity index is 5.16. The number of carbonyl (C=O) groups is 4. The average molecular weight is 1380 g/mol. The highest BCUT2D eigenvalue weighted by Gasteiger charge is 2.30. The summed E-state index contributed by atoms with van der Waals surface area (Å²) in [7, 11) is -9.91. The van der Waals surface area contributed by atoms with Crippen molar-refractivity contribution < 1.29 is 80.2 Å². The third-order valence-electron chi connectivity index (χ3n) is 17.7. The molecule has 0 aromatic heterocycles. The molecule has 0 spiro atoms. The maximum atomic E-state index is 13.1. The lowest BCUT2D eigenvalue weighted by Crippen LogP contribution is -2.30. The van der Waals surface area contributed by atoms with Gasteiger partial charge in [0.1, 0.15) is 19.3 Å². The highest BCUT2D eigenvalue weighted by molar-refractivity contribution is 7.47. The minimum absolute atomic E-state index is 0.104. The van der Waals surface area contributed by atoms with Gasteiger partial charge in [-0.05, 0) is 49.4 Å². The summed E-state index contributed by atoms with van der Waals surface area (Å²) in [6, 6.07) is 0. The van der Waals surface area contributed by atoms with Gasteiger partial charge in [-0.25, -0.2) is 9.13 Å². The highest BCUT2D eigenvalue weighted by atomic mass is 31.2. The smallest absolute Gasteiger partial charge is 0.462 e. The van der Waals surface area contributed by atoms with Gasteiger partial charge < -0.3 is 33.8 Å². The van der Waals surface area contributed by atoms with Crippen molar-refractivity contribution in [1.82, 2.24) is 0 Å². The van der Waals surface area contributed by atoms with Gasteiger partial charge in [0.15, 0.2) is 12.2 Å². The first-order valence-corrected chi connectivity index (χ1v) is 41.7. The molecule has 19 heteroatoms. The number of hydrogen-bond donors (Lipinski definition) is 3. The van der Waals surface area contributed by atoms with Gasteiger partial charge in [0.2, 0.25) is 0 Å². The Morgan fingerprint density at radius 2 is 0.511 bits per heavy atom. The molecule has 6 atom stereocenters. The molecule has 3 unspecified atom stereocenters. The Hall–Kier alpha value is -1.94. The summed E-state index contributed by atoms with van der Waals surface area (Å²) < 4.78 is 68.4. The van der Waals surface area contributed by atoms with Crippen LogP contribution in [0.3, 0.4) is 0 Å². The second-order valence-corrected chi connectivity index (χ2v) is 31.6. The minimum atomic E-state index is -4.96. The van der Waals surface area contributed by atoms with E-state index in [1.165, 1.54) is 173 Å². The molecule has 558 valence electrons. The van der Waals surface area contributed by atoms with Gasteiger partial charge >= 0.3 is 39.5 Å². The number of hydrogen-bond acceptors (Lipinski definition) is 15. The standard InChI is InChI=1S/C75H146O17P2/c1-9-68(8)54-46-38-33-34-40-48-56-73(78)86-62-71(91-74(79)57-49-41-31-24-20-22-28-36-44-52-66(4)5)64-90-94(83,84)88-60-69(76)59-87-93(81,82)89-63-70(92-75(80)58-50-42-32-26-25-29-37-45-53-67(6)7)61-85-72(77)55-47-39-30-23-19-17-15-13-11-10-12-14-16-18-21-27-35-43-51-65(2)3/h65-71,76H,9-64H2,1-8H3,(H,81,82)(H,83,84)/t68?,69-,70-,71-/m1/s1. The van der Waals surface area contributed by atoms with Crippen molar-refractivity contribution >= 4 is 39.5 Å². The lowest BCUT2D eigenvalue weighted by atomic mass is 10.00. The van der Waals surface area contributed by atoms with E-state index in [9.17, 15) is 43.2 Å². The highest BCUT2D eigenvalue weighted by Crippen LogP contribution is 2.45. The van der Waals surface area contributed by atoms with E-state index >= 15 is 0 Å². The number of rotatable bonds is 72. The van der Waals surface area contributed by atoms with Crippen molar-refractivity contribution in [2.24, 2.45) is 23.7 Å². The molecule has 94 heavy (non-hydrogen) atoms. The predicted molar refractivity (Wildman–Crippen MR) is 381 cm³/mol. The SMILES string of the molecule is CCC(C)CCCCCCCCC(=O)OC[C@H](COP(=O)(O)OC[C@H](O)COP(=O)(O)OC[C@@H](COC(=O)CCCCCCCCCCCCCCCCCCCCC(C)C)OC(=O)CCCCCCCCCCC(C)C)OC(=O)CCCCCCCCCCCC(C)C. The summed E-state index contributed by atoms with van der Waals surface area (Å²) in [5.74, 6) is 0.882. The van der Waals surface area contributed by atoms with Crippen molar-refractivity contribution in [3.8, 4) is 0 Å². The molecule has 0 aromatic carbocycles. The number of ether oxygens (including phenoxy) is 4. The maximum Gasteiger partial charge on any atom is 0.472 e. The molecule has 3 N–H and O–H groups in total. The third-order valence-corrected chi connectivity index (χ3v) is 19.6. The Morgan fingerprint density at radius 3 is 0.755 bits per heavy atom. The number of aliphatic hydroxyl groups excluding tert-OH is 1. The van der Waals surface area contributed by atoms with Crippen LogP contribution in [-0.4, -0.2) is 96.7 Å². The van der Waals surface area contributed by atoms with E-state index in [0.717, 1.165) is 120 Å². The van der Waals surface area contributed by atoms with Crippen LogP contribution in [-0.2, 0) is 65.4 Å². The number of aliphatic hydroxyl groups is 1. The van der Waals surface area contributed by atoms with Gasteiger partial charge in [-0.2, -0.15) is 0 Å². The third kappa shape index (κ3) is 67.3. The minimum Gasteiger partial charge on any atom is -0.462 e. The molecule has 17 nitrogen and oxygen atoms in total. The first kappa shape index (κ1) is 92.1. The summed E-state index contributed by atoms with van der Waals surface area (Å²) in [5.41, 5.74) is 0. The second-order valence-electron chi connectivity index (χ2n) is 28.7. The quantitative estimate of drug-likeness (QED) is 0.0222. The summed E-state index contributed by atoms with van der Waals surface area (Å²) in [5, 5.41) is 10.6. The van der Waals surface area contributed by atoms with Gasteiger partial charge in [0, 0.05) is 25.7 Å². The van der Waals surface area contributed by atoms with Crippen molar-refractivity contribution in [2.45, 2.75) is 395 Å². The van der Waals surface area contributed by atoms with Crippen molar-refractivity contribution in [3.63, 3.8) is 0 Å². The van der Waals surface area contributed by atoms with Gasteiger partial charge in [-0.3, -0.25) is 37.3 Å². The summed E-state index contributed by atoms with van der Waals surface area (Å²) in [4.78, 5) is 72.7. The molecule has 0 heterocycles. The lowest BCUT2D eigenvalue weighted by Gasteiger charge is -2.21. The Morgan fingerprint density at radius 1 is 0.298 bits per heavy atom. The van der Waals surface area contributed by atoms with Crippen LogP contribution in [0.5, 0.6) is 0 Å². The predicted octanol–water partition coefficient (Wildman–Crippen LogP) is 21.7. The van der Waals surface area contributed by atoms with Gasteiger partial charge in [0.25, 0.3) is 0 Å². The first-order valence-electron chi connectivity index (χ1n) is 38.7. The van der Waals surface area contributed by atoms with E-state index in [-0.39, 0.29) is 25.7 Å². The normalized spacial score (nSPS) is 14.4. The van der Waals surface area contributed by atoms with Crippen LogP contribution in [0.1, 0.15) is 376 Å². The van der Waals surface area contributed by atoms with Crippen LogP contribution in [0.25, 0.3) is 0 Å². The second kappa shape index (κ2) is 64.4. The zero-order valence-corrected chi connectivity index (χ0v) is 63.4. The molecular formula is C75H146O17P2. The van der Waals surface area contributed by atoms with Crippen LogP contribution >= 0.6 is 15.6 Å². The van der Waals surface area contributed by atoms with E-state index in [1.54, 1.807) is 0 Å². The molecule has 0 aliphatic heterocycles. The molecule has 0 fully saturated rings. The van der Waals surface area contributed by atoms with E-state index in [1.807, 2.05) is 0 Å². The molecule has 0 saturated heterocycles. The zero-order valence-electron chi connectivity index (χ0n) is 61.6. The molecular weight excluding hydrogens is 1230 g/mol. The largest absolute Gasteiger partial charge is 0.472 e. The fourth-order valence-corrected chi connectivity index (χ4v) is 12.9. The van der Waals surface area contributed by atoms with Crippen LogP contribution in [0.4, 0.5) is 0 Å². The molecule has 0 radical (unpaired) electrons. The van der Waals surface area contributed by atoms with Gasteiger partial charge in [0.05, 0.1) is 26.4 Å². The van der Waals surface area contributed by atoms with Crippen LogP contribution in [0.15, 0.2) is 0 Å². The fourth-order valence-electron chi connectivity index (χ4n) is 11.3. The van der Waals surface area contributed by atoms with E-state index in [0.29, 0.717) is 25.7 Å². The maximum absolute atomic E-state index is 13.1. The van der Waals surface area contributed by atoms with Crippen LogP contribution < -0.4 is 0 Å². The Labute approximate surface area is 575 Å². The molecule has 0 aliphatic rings. The van der Waals surface area contributed by atoms with Crippen molar-refractivity contribution in [3.05, 3.63) is 0 Å². The van der Waals surface area contributed by atoms with E-state index < -0.39 is 97.5 Å². The van der Waals surface area contributed by atoms with Crippen LogP contribution in [0, 0.1) is 23.7 Å². The fraction of sp³-hybridized carbons (Fsp3) is 0.947. The number of esters is 4.